The SMILES string of the molecule is COC(=O)C1CN(Cc2cnc(Cl)cn2)CCO1. The summed E-state index contributed by atoms with van der Waals surface area (Å²) in [5.74, 6) is -0.345. The van der Waals surface area contributed by atoms with Crippen LogP contribution in [0, 0.1) is 0 Å². The van der Waals surface area contributed by atoms with Crippen LogP contribution in [-0.4, -0.2) is 53.7 Å². The van der Waals surface area contributed by atoms with E-state index in [0.717, 1.165) is 12.2 Å². The molecule has 0 aliphatic carbocycles. The Hall–Kier alpha value is -1.24. The number of carbonyl (C=O) groups is 1. The number of methoxy groups -OCH3 is 1. The third kappa shape index (κ3) is 3.38. The first kappa shape index (κ1) is 13.2. The van der Waals surface area contributed by atoms with E-state index in [0.29, 0.717) is 24.8 Å². The van der Waals surface area contributed by atoms with Crippen molar-refractivity contribution in [2.24, 2.45) is 0 Å². The fourth-order valence-electron chi connectivity index (χ4n) is 1.77. The summed E-state index contributed by atoms with van der Waals surface area (Å²) < 4.78 is 10.0. The molecule has 0 radical (unpaired) electrons. The Morgan fingerprint density at radius 2 is 2.44 bits per heavy atom. The number of ether oxygens (including phenoxy) is 2. The van der Waals surface area contributed by atoms with Crippen molar-refractivity contribution in [3.63, 3.8) is 0 Å². The van der Waals surface area contributed by atoms with Crippen LogP contribution >= 0.6 is 11.6 Å². The van der Waals surface area contributed by atoms with Crippen LogP contribution in [0.2, 0.25) is 5.15 Å². The van der Waals surface area contributed by atoms with Gasteiger partial charge in [-0.3, -0.25) is 9.88 Å². The van der Waals surface area contributed by atoms with E-state index in [1.54, 1.807) is 6.20 Å². The molecule has 2 heterocycles. The van der Waals surface area contributed by atoms with Crippen molar-refractivity contribution < 1.29 is 14.3 Å². The average molecular weight is 272 g/mol. The molecule has 1 atom stereocenters. The Kier molecular flexibility index (Phi) is 4.46. The lowest BCUT2D eigenvalue weighted by molar-refractivity contribution is -0.160. The summed E-state index contributed by atoms with van der Waals surface area (Å²) in [4.78, 5) is 21.6. The van der Waals surface area contributed by atoms with Crippen LogP contribution in [-0.2, 0) is 20.8 Å². The van der Waals surface area contributed by atoms with E-state index in [2.05, 4.69) is 19.6 Å². The summed E-state index contributed by atoms with van der Waals surface area (Å²) in [6, 6.07) is 0. The van der Waals surface area contributed by atoms with Crippen molar-refractivity contribution in [2.45, 2.75) is 12.6 Å². The minimum absolute atomic E-state index is 0.345. The molecule has 1 saturated heterocycles. The fourth-order valence-corrected chi connectivity index (χ4v) is 1.87. The lowest BCUT2D eigenvalue weighted by atomic mass is 10.2. The molecule has 0 aromatic carbocycles. The Bertz CT molecular complexity index is 412. The molecular weight excluding hydrogens is 258 g/mol. The third-order valence-electron chi connectivity index (χ3n) is 2.67. The molecule has 1 aliphatic heterocycles. The summed E-state index contributed by atoms with van der Waals surface area (Å²) in [6.45, 7) is 2.36. The molecule has 98 valence electrons. The Morgan fingerprint density at radius 3 is 3.11 bits per heavy atom. The molecule has 0 N–H and O–H groups in total. The van der Waals surface area contributed by atoms with Gasteiger partial charge in [0.15, 0.2) is 6.10 Å². The van der Waals surface area contributed by atoms with Crippen molar-refractivity contribution >= 4 is 17.6 Å². The van der Waals surface area contributed by atoms with Gasteiger partial charge in [-0.1, -0.05) is 11.6 Å². The molecule has 2 rings (SSSR count). The number of morpholine rings is 1. The minimum Gasteiger partial charge on any atom is -0.467 e. The first-order chi connectivity index (χ1) is 8.69. The zero-order valence-electron chi connectivity index (χ0n) is 10.0. The molecule has 0 amide bonds. The van der Waals surface area contributed by atoms with E-state index in [9.17, 15) is 4.79 Å². The molecule has 1 aromatic heterocycles. The smallest absolute Gasteiger partial charge is 0.336 e. The molecule has 0 spiro atoms. The molecule has 18 heavy (non-hydrogen) atoms. The average Bonchev–Trinajstić information content (AvgIpc) is 2.41. The Morgan fingerprint density at radius 1 is 1.61 bits per heavy atom. The summed E-state index contributed by atoms with van der Waals surface area (Å²) in [6.07, 6.45) is 2.61. The van der Waals surface area contributed by atoms with Crippen molar-refractivity contribution in [2.75, 3.05) is 26.8 Å². The first-order valence-corrected chi connectivity index (χ1v) is 5.95. The highest BCUT2D eigenvalue weighted by Gasteiger charge is 2.27. The second kappa shape index (κ2) is 6.08. The lowest BCUT2D eigenvalue weighted by Crippen LogP contribution is -2.46. The summed E-state index contributed by atoms with van der Waals surface area (Å²) in [5, 5.41) is 0.369. The fraction of sp³-hybridized carbons (Fsp3) is 0.545. The van der Waals surface area contributed by atoms with Crippen molar-refractivity contribution in [1.29, 1.82) is 0 Å². The van der Waals surface area contributed by atoms with Gasteiger partial charge in [-0.25, -0.2) is 9.78 Å². The van der Waals surface area contributed by atoms with E-state index in [1.165, 1.54) is 13.3 Å². The number of aromatic nitrogens is 2. The molecule has 7 heteroatoms. The highest BCUT2D eigenvalue weighted by molar-refractivity contribution is 6.29. The molecule has 0 bridgehead atoms. The van der Waals surface area contributed by atoms with Crippen molar-refractivity contribution in [1.82, 2.24) is 14.9 Å². The van der Waals surface area contributed by atoms with Gasteiger partial charge >= 0.3 is 5.97 Å². The standard InChI is InChI=1S/C11H14ClN3O3/c1-17-11(16)9-7-15(2-3-18-9)6-8-4-14-10(12)5-13-8/h4-5,9H,2-3,6-7H2,1H3. The summed E-state index contributed by atoms with van der Waals surface area (Å²) in [5.41, 5.74) is 0.810. The molecular formula is C11H14ClN3O3. The second-order valence-corrected chi connectivity index (χ2v) is 4.34. The van der Waals surface area contributed by atoms with E-state index in [1.807, 2.05) is 0 Å². The Balaban J connectivity index is 1.93. The van der Waals surface area contributed by atoms with Gasteiger partial charge in [0.05, 0.1) is 31.8 Å². The molecule has 1 aromatic rings. The number of rotatable bonds is 3. The van der Waals surface area contributed by atoms with Crippen LogP contribution in [0.25, 0.3) is 0 Å². The van der Waals surface area contributed by atoms with Crippen LogP contribution in [0.3, 0.4) is 0 Å². The number of hydrogen-bond donors (Lipinski definition) is 0. The van der Waals surface area contributed by atoms with Gasteiger partial charge < -0.3 is 9.47 Å². The number of esters is 1. The van der Waals surface area contributed by atoms with E-state index in [-0.39, 0.29) is 5.97 Å². The van der Waals surface area contributed by atoms with E-state index >= 15 is 0 Å². The molecule has 0 saturated carbocycles. The van der Waals surface area contributed by atoms with E-state index in [4.69, 9.17) is 16.3 Å². The minimum atomic E-state index is -0.524. The topological polar surface area (TPSA) is 64.5 Å². The monoisotopic (exact) mass is 271 g/mol. The van der Waals surface area contributed by atoms with Gasteiger partial charge in [0, 0.05) is 19.6 Å². The summed E-state index contributed by atoms with van der Waals surface area (Å²) in [7, 11) is 1.36. The highest BCUT2D eigenvalue weighted by atomic mass is 35.5. The predicted molar refractivity (Wildman–Crippen MR) is 64.1 cm³/mol. The van der Waals surface area contributed by atoms with Gasteiger partial charge in [0.25, 0.3) is 0 Å². The second-order valence-electron chi connectivity index (χ2n) is 3.95. The van der Waals surface area contributed by atoms with Gasteiger partial charge in [-0.2, -0.15) is 0 Å². The van der Waals surface area contributed by atoms with Gasteiger partial charge in [-0.15, -0.1) is 0 Å². The van der Waals surface area contributed by atoms with Crippen molar-refractivity contribution in [3.8, 4) is 0 Å². The van der Waals surface area contributed by atoms with Crippen LogP contribution in [0.4, 0.5) is 0 Å². The first-order valence-electron chi connectivity index (χ1n) is 5.57. The zero-order chi connectivity index (χ0) is 13.0. The van der Waals surface area contributed by atoms with Crippen LogP contribution < -0.4 is 0 Å². The molecule has 1 aliphatic rings. The normalized spacial score (nSPS) is 20.7. The van der Waals surface area contributed by atoms with Crippen LogP contribution in [0.15, 0.2) is 12.4 Å². The van der Waals surface area contributed by atoms with Gasteiger partial charge in [0.1, 0.15) is 5.15 Å². The maximum absolute atomic E-state index is 11.4. The van der Waals surface area contributed by atoms with Gasteiger partial charge in [0.2, 0.25) is 0 Å². The van der Waals surface area contributed by atoms with Crippen LogP contribution in [0.5, 0.6) is 0 Å². The van der Waals surface area contributed by atoms with Crippen molar-refractivity contribution in [3.05, 3.63) is 23.2 Å². The number of halogens is 1. The van der Waals surface area contributed by atoms with Gasteiger partial charge in [-0.05, 0) is 0 Å². The number of carbonyl (C=O) groups excluding carboxylic acids is 1. The maximum Gasteiger partial charge on any atom is 0.336 e. The highest BCUT2D eigenvalue weighted by Crippen LogP contribution is 2.10. The van der Waals surface area contributed by atoms with E-state index < -0.39 is 6.10 Å². The predicted octanol–water partition coefficient (Wildman–Crippen LogP) is 0.504. The third-order valence-corrected chi connectivity index (χ3v) is 2.87. The molecule has 1 unspecified atom stereocenters. The Labute approximate surface area is 110 Å². The largest absolute Gasteiger partial charge is 0.467 e. The maximum atomic E-state index is 11.4. The number of hydrogen-bond acceptors (Lipinski definition) is 6. The lowest BCUT2D eigenvalue weighted by Gasteiger charge is -2.30. The summed E-state index contributed by atoms with van der Waals surface area (Å²) >= 11 is 5.67. The van der Waals surface area contributed by atoms with Crippen LogP contribution in [0.1, 0.15) is 5.69 Å². The number of nitrogens with zero attached hydrogens (tertiary/aromatic N) is 3. The molecule has 1 fully saturated rings. The zero-order valence-corrected chi connectivity index (χ0v) is 10.8. The molecule has 6 nitrogen and oxygen atoms in total. The quantitative estimate of drug-likeness (QED) is 0.746.